The minimum absolute atomic E-state index is 0.0751. The summed E-state index contributed by atoms with van der Waals surface area (Å²) >= 11 is 0. The summed E-state index contributed by atoms with van der Waals surface area (Å²) in [6, 6.07) is 24.3. The molecule has 0 aliphatic heterocycles. The summed E-state index contributed by atoms with van der Waals surface area (Å²) in [5, 5.41) is 14.3. The Bertz CT molecular complexity index is 1370. The van der Waals surface area contributed by atoms with Gasteiger partial charge in [-0.1, -0.05) is 84.9 Å². The third kappa shape index (κ3) is 9.59. The molecule has 3 aromatic rings. The first kappa shape index (κ1) is 31.6. The van der Waals surface area contributed by atoms with Gasteiger partial charge in [0.25, 0.3) is 0 Å². The number of benzene rings is 3. The van der Waals surface area contributed by atoms with Gasteiger partial charge >= 0.3 is 12.1 Å². The van der Waals surface area contributed by atoms with Gasteiger partial charge in [-0.15, -0.1) is 0 Å². The summed E-state index contributed by atoms with van der Waals surface area (Å²) < 4.78 is 19.3. The predicted octanol–water partition coefficient (Wildman–Crippen LogP) is 5.60. The van der Waals surface area contributed by atoms with Gasteiger partial charge in [-0.05, 0) is 56.4 Å². The summed E-state index contributed by atoms with van der Waals surface area (Å²) in [7, 11) is -4.34. The molecule has 0 aromatic heterocycles. The van der Waals surface area contributed by atoms with E-state index in [-0.39, 0.29) is 6.42 Å². The highest BCUT2D eigenvalue weighted by molar-refractivity contribution is 7.58. The van der Waals surface area contributed by atoms with Crippen molar-refractivity contribution in [3.05, 3.63) is 96.1 Å². The van der Waals surface area contributed by atoms with Crippen molar-refractivity contribution in [1.82, 2.24) is 10.6 Å². The van der Waals surface area contributed by atoms with E-state index in [9.17, 15) is 28.9 Å². The maximum Gasteiger partial charge on any atom is 0.408 e. The standard InChI is InChI=1S/C31H37N2O7P/c1-21(29(35)36)32-27(34)26(19-22-15-17-24(18-16-22)23-11-7-5-8-12-23)20-41(38,39)28(25-13-9-6-10-14-25)33-30(37)40-31(2,3)4/h5-18,21,26,28H,19-20H2,1-4H3,(H,32,34)(H,33,37)(H,35,36)(H,38,39)/t21-,26?,28+/m0/s1. The fraction of sp³-hybridized carbons (Fsp3) is 0.323. The molecule has 0 radical (unpaired) electrons. The molecule has 3 aromatic carbocycles. The minimum atomic E-state index is -4.34. The number of carboxylic acid groups (broad SMARTS) is 1. The highest BCUT2D eigenvalue weighted by atomic mass is 31.2. The van der Waals surface area contributed by atoms with Crippen LogP contribution < -0.4 is 10.6 Å². The lowest BCUT2D eigenvalue weighted by Crippen LogP contribution is -2.43. The minimum Gasteiger partial charge on any atom is -0.480 e. The van der Waals surface area contributed by atoms with Gasteiger partial charge in [-0.2, -0.15) is 0 Å². The molecule has 0 fully saturated rings. The summed E-state index contributed by atoms with van der Waals surface area (Å²) in [6.07, 6.45) is -1.31. The maximum absolute atomic E-state index is 14.0. The molecule has 218 valence electrons. The number of aliphatic carboxylic acids is 1. The molecule has 0 heterocycles. The van der Waals surface area contributed by atoms with E-state index < -0.39 is 54.8 Å². The second-order valence-electron chi connectivity index (χ2n) is 10.9. The first-order valence-electron chi connectivity index (χ1n) is 13.3. The van der Waals surface area contributed by atoms with Crippen molar-refractivity contribution in [1.29, 1.82) is 0 Å². The van der Waals surface area contributed by atoms with E-state index in [2.05, 4.69) is 10.6 Å². The van der Waals surface area contributed by atoms with E-state index in [1.807, 2.05) is 54.6 Å². The molecule has 0 spiro atoms. The van der Waals surface area contributed by atoms with Crippen LogP contribution in [0.15, 0.2) is 84.9 Å². The molecule has 0 aliphatic rings. The summed E-state index contributed by atoms with van der Waals surface area (Å²) in [4.78, 5) is 48.8. The molecular formula is C31H37N2O7P. The summed E-state index contributed by atoms with van der Waals surface area (Å²) in [5.41, 5.74) is 2.24. The number of alkyl carbamates (subject to hydrolysis) is 1. The van der Waals surface area contributed by atoms with Crippen LogP contribution in [-0.4, -0.2) is 45.8 Å². The van der Waals surface area contributed by atoms with E-state index in [4.69, 9.17) is 4.74 Å². The van der Waals surface area contributed by atoms with Crippen LogP contribution in [0.2, 0.25) is 0 Å². The smallest absolute Gasteiger partial charge is 0.408 e. The van der Waals surface area contributed by atoms with E-state index in [0.29, 0.717) is 5.56 Å². The molecule has 0 saturated carbocycles. The number of carboxylic acids is 1. The average Bonchev–Trinajstić information content (AvgIpc) is 2.91. The molecule has 9 nitrogen and oxygen atoms in total. The Morgan fingerprint density at radius 1 is 0.854 bits per heavy atom. The van der Waals surface area contributed by atoms with Crippen LogP contribution in [0.3, 0.4) is 0 Å². The molecule has 0 bridgehead atoms. The Hall–Kier alpha value is -3.94. The van der Waals surface area contributed by atoms with E-state index >= 15 is 0 Å². The van der Waals surface area contributed by atoms with Gasteiger partial charge in [-0.25, -0.2) is 4.79 Å². The molecule has 2 unspecified atom stereocenters. The lowest BCUT2D eigenvalue weighted by molar-refractivity contribution is -0.141. The quantitative estimate of drug-likeness (QED) is 0.217. The van der Waals surface area contributed by atoms with Crippen LogP contribution in [0.1, 0.15) is 44.6 Å². The van der Waals surface area contributed by atoms with Crippen molar-refractivity contribution >= 4 is 25.3 Å². The third-order valence-electron chi connectivity index (χ3n) is 6.30. The largest absolute Gasteiger partial charge is 0.480 e. The van der Waals surface area contributed by atoms with Crippen LogP contribution in [0, 0.1) is 5.92 Å². The zero-order chi connectivity index (χ0) is 30.2. The van der Waals surface area contributed by atoms with Crippen LogP contribution in [0.25, 0.3) is 11.1 Å². The summed E-state index contributed by atoms with van der Waals surface area (Å²) in [5.74, 6) is -4.33. The normalized spacial score (nSPS) is 15.0. The molecule has 0 aliphatic carbocycles. The molecular weight excluding hydrogens is 543 g/mol. The van der Waals surface area contributed by atoms with Crippen LogP contribution in [0.4, 0.5) is 4.79 Å². The van der Waals surface area contributed by atoms with Crippen LogP contribution in [-0.2, 0) is 25.3 Å². The highest BCUT2D eigenvalue weighted by Gasteiger charge is 2.39. The Labute approximate surface area is 240 Å². The third-order valence-corrected chi connectivity index (χ3v) is 8.50. The number of carbonyl (C=O) groups is 3. The Kier molecular flexibility index (Phi) is 10.5. The second-order valence-corrected chi connectivity index (χ2v) is 13.3. The number of hydrogen-bond donors (Lipinski definition) is 4. The van der Waals surface area contributed by atoms with Crippen molar-refractivity contribution in [2.45, 2.75) is 51.5 Å². The number of rotatable bonds is 11. The number of ether oxygens (including phenoxy) is 1. The molecule has 4 atom stereocenters. The number of nitrogens with one attached hydrogen (secondary N) is 2. The zero-order valence-electron chi connectivity index (χ0n) is 23.6. The van der Waals surface area contributed by atoms with Crippen LogP contribution >= 0.6 is 7.37 Å². The molecule has 2 amide bonds. The second kappa shape index (κ2) is 13.6. The maximum atomic E-state index is 14.0. The number of amides is 2. The Morgan fingerprint density at radius 3 is 1.93 bits per heavy atom. The average molecular weight is 581 g/mol. The van der Waals surface area contributed by atoms with Gasteiger partial charge in [0.05, 0.1) is 5.92 Å². The summed E-state index contributed by atoms with van der Waals surface area (Å²) in [6.45, 7) is 6.35. The zero-order valence-corrected chi connectivity index (χ0v) is 24.5. The monoisotopic (exact) mass is 580 g/mol. The molecule has 10 heteroatoms. The van der Waals surface area contributed by atoms with Gasteiger partial charge in [0, 0.05) is 6.16 Å². The predicted molar refractivity (Wildman–Crippen MR) is 158 cm³/mol. The van der Waals surface area contributed by atoms with E-state index in [1.54, 1.807) is 51.1 Å². The van der Waals surface area contributed by atoms with Crippen molar-refractivity contribution in [2.24, 2.45) is 5.92 Å². The fourth-order valence-corrected chi connectivity index (χ4v) is 6.36. The van der Waals surface area contributed by atoms with E-state index in [0.717, 1.165) is 16.7 Å². The molecule has 0 saturated heterocycles. The molecule has 4 N–H and O–H groups in total. The van der Waals surface area contributed by atoms with Crippen molar-refractivity contribution in [3.63, 3.8) is 0 Å². The topological polar surface area (TPSA) is 142 Å². The lowest BCUT2D eigenvalue weighted by atomic mass is 9.97. The highest BCUT2D eigenvalue weighted by Crippen LogP contribution is 2.55. The van der Waals surface area contributed by atoms with Crippen molar-refractivity contribution in [3.8, 4) is 11.1 Å². The van der Waals surface area contributed by atoms with Gasteiger partial charge in [-0.3, -0.25) is 14.2 Å². The fourth-order valence-electron chi connectivity index (χ4n) is 4.27. The SMILES string of the molecule is C[C@H](NC(=O)C(Cc1ccc(-c2ccccc2)cc1)CP(=O)(O)[C@@H](NC(=O)OC(C)(C)C)c1ccccc1)C(=O)O. The van der Waals surface area contributed by atoms with Gasteiger partial charge in [0.15, 0.2) is 0 Å². The van der Waals surface area contributed by atoms with Gasteiger partial charge in [0.1, 0.15) is 17.4 Å². The lowest BCUT2D eigenvalue weighted by Gasteiger charge is -2.29. The van der Waals surface area contributed by atoms with Crippen LogP contribution in [0.5, 0.6) is 0 Å². The van der Waals surface area contributed by atoms with E-state index in [1.165, 1.54) is 6.92 Å². The van der Waals surface area contributed by atoms with Crippen molar-refractivity contribution in [2.75, 3.05) is 6.16 Å². The van der Waals surface area contributed by atoms with Crippen molar-refractivity contribution < 1.29 is 33.7 Å². The Morgan fingerprint density at radius 2 is 1.39 bits per heavy atom. The molecule has 3 rings (SSSR count). The van der Waals surface area contributed by atoms with Gasteiger partial charge < -0.3 is 25.4 Å². The number of carbonyl (C=O) groups excluding carboxylic acids is 2. The number of hydrogen-bond acceptors (Lipinski definition) is 5. The van der Waals surface area contributed by atoms with Gasteiger partial charge in [0.2, 0.25) is 13.3 Å². The first-order valence-corrected chi connectivity index (χ1v) is 15.2. The molecule has 41 heavy (non-hydrogen) atoms. The first-order chi connectivity index (χ1) is 19.2. The Balaban J connectivity index is 1.91.